The van der Waals surface area contributed by atoms with Crippen LogP contribution in [0.2, 0.25) is 0 Å². The van der Waals surface area contributed by atoms with Crippen molar-refractivity contribution in [2.24, 2.45) is 0 Å². The predicted molar refractivity (Wildman–Crippen MR) is 126 cm³/mol. The van der Waals surface area contributed by atoms with Crippen molar-refractivity contribution in [2.45, 2.75) is 32.6 Å². The third kappa shape index (κ3) is 4.35. The number of aromatic nitrogens is 4. The Kier molecular flexibility index (Phi) is 5.94. The second-order valence-corrected chi connectivity index (χ2v) is 9.51. The van der Waals surface area contributed by atoms with Crippen molar-refractivity contribution >= 4 is 26.9 Å². The SMILES string of the molecule is Cc1ccc(S(=O)(=O)NCCNc2nc(C)nc3c2c(C)nn3-c2ccccc2C)cc1. The van der Waals surface area contributed by atoms with Gasteiger partial charge in [0.15, 0.2) is 5.65 Å². The lowest BCUT2D eigenvalue weighted by Gasteiger charge is -2.11. The minimum Gasteiger partial charge on any atom is -0.368 e. The maximum atomic E-state index is 12.5. The minimum absolute atomic E-state index is 0.214. The van der Waals surface area contributed by atoms with Gasteiger partial charge in [-0.2, -0.15) is 5.10 Å². The lowest BCUT2D eigenvalue weighted by Crippen LogP contribution is -2.29. The number of fused-ring (bicyclic) bond motifs is 1. The van der Waals surface area contributed by atoms with Crippen LogP contribution in [-0.4, -0.2) is 41.3 Å². The number of sulfonamides is 1. The van der Waals surface area contributed by atoms with Crippen LogP contribution in [0.25, 0.3) is 16.7 Å². The van der Waals surface area contributed by atoms with Crippen LogP contribution < -0.4 is 10.0 Å². The van der Waals surface area contributed by atoms with Crippen LogP contribution in [0.5, 0.6) is 0 Å². The number of para-hydroxylation sites is 1. The maximum Gasteiger partial charge on any atom is 0.240 e. The van der Waals surface area contributed by atoms with Crippen LogP contribution in [0, 0.1) is 27.7 Å². The standard InChI is InChI=1S/C23H26N6O2S/c1-15-9-11-19(12-10-15)32(30,31)25-14-13-24-22-21-17(3)28-29(23(21)27-18(4)26-22)20-8-6-5-7-16(20)2/h5-12,25H,13-14H2,1-4H3,(H,24,26,27). The summed E-state index contributed by atoms with van der Waals surface area (Å²) >= 11 is 0. The summed E-state index contributed by atoms with van der Waals surface area (Å²) in [4.78, 5) is 9.42. The molecule has 0 spiro atoms. The minimum atomic E-state index is -3.57. The van der Waals surface area contributed by atoms with Crippen LogP contribution in [0.15, 0.2) is 53.4 Å². The zero-order valence-corrected chi connectivity index (χ0v) is 19.4. The van der Waals surface area contributed by atoms with Gasteiger partial charge in [0.2, 0.25) is 10.0 Å². The molecule has 8 nitrogen and oxygen atoms in total. The molecule has 0 saturated carbocycles. The molecular formula is C23H26N6O2S. The molecule has 4 rings (SSSR count). The Hall–Kier alpha value is -3.30. The smallest absolute Gasteiger partial charge is 0.240 e. The Balaban J connectivity index is 1.55. The van der Waals surface area contributed by atoms with Crippen molar-refractivity contribution in [2.75, 3.05) is 18.4 Å². The molecule has 0 radical (unpaired) electrons. The summed E-state index contributed by atoms with van der Waals surface area (Å²) in [5.74, 6) is 1.24. The number of hydrogen-bond donors (Lipinski definition) is 2. The highest BCUT2D eigenvalue weighted by molar-refractivity contribution is 7.89. The Bertz CT molecular complexity index is 1380. The normalized spacial score (nSPS) is 11.8. The van der Waals surface area contributed by atoms with Crippen LogP contribution in [0.4, 0.5) is 5.82 Å². The fourth-order valence-electron chi connectivity index (χ4n) is 3.56. The van der Waals surface area contributed by atoms with Crippen molar-refractivity contribution in [3.8, 4) is 5.69 Å². The zero-order chi connectivity index (χ0) is 22.9. The first-order valence-electron chi connectivity index (χ1n) is 10.4. The van der Waals surface area contributed by atoms with Crippen LogP contribution >= 0.6 is 0 Å². The fraction of sp³-hybridized carbons (Fsp3) is 0.261. The van der Waals surface area contributed by atoms with Crippen LogP contribution in [0.1, 0.15) is 22.6 Å². The van der Waals surface area contributed by atoms with E-state index in [0.29, 0.717) is 23.8 Å². The van der Waals surface area contributed by atoms with E-state index in [1.165, 1.54) is 0 Å². The third-order valence-corrected chi connectivity index (χ3v) is 6.68. The summed E-state index contributed by atoms with van der Waals surface area (Å²) in [6, 6.07) is 14.8. The average Bonchev–Trinajstić information content (AvgIpc) is 3.08. The molecule has 2 N–H and O–H groups in total. The molecule has 9 heteroatoms. The third-order valence-electron chi connectivity index (χ3n) is 5.20. The highest BCUT2D eigenvalue weighted by atomic mass is 32.2. The van der Waals surface area contributed by atoms with Crippen molar-refractivity contribution in [1.29, 1.82) is 0 Å². The lowest BCUT2D eigenvalue weighted by molar-refractivity contribution is 0.583. The molecule has 0 bridgehead atoms. The fourth-order valence-corrected chi connectivity index (χ4v) is 4.59. The van der Waals surface area contributed by atoms with Gasteiger partial charge in [0.05, 0.1) is 21.7 Å². The molecule has 4 aromatic rings. The van der Waals surface area contributed by atoms with E-state index in [0.717, 1.165) is 27.9 Å². The molecule has 0 aliphatic rings. The number of benzene rings is 2. The van der Waals surface area contributed by atoms with Gasteiger partial charge in [-0.15, -0.1) is 0 Å². The lowest BCUT2D eigenvalue weighted by atomic mass is 10.2. The number of hydrogen-bond acceptors (Lipinski definition) is 6. The molecule has 0 aliphatic carbocycles. The first-order valence-corrected chi connectivity index (χ1v) is 11.8. The van der Waals surface area contributed by atoms with E-state index in [4.69, 9.17) is 5.10 Å². The Morgan fingerprint density at radius 3 is 2.34 bits per heavy atom. The molecule has 0 atom stereocenters. The molecular weight excluding hydrogens is 424 g/mol. The second-order valence-electron chi connectivity index (χ2n) is 7.74. The van der Waals surface area contributed by atoms with Gasteiger partial charge in [0.1, 0.15) is 11.6 Å². The monoisotopic (exact) mass is 450 g/mol. The van der Waals surface area contributed by atoms with Gasteiger partial charge in [0, 0.05) is 13.1 Å². The van der Waals surface area contributed by atoms with Crippen LogP contribution in [-0.2, 0) is 10.0 Å². The average molecular weight is 451 g/mol. The molecule has 0 saturated heterocycles. The molecule has 2 aromatic heterocycles. The highest BCUT2D eigenvalue weighted by Gasteiger charge is 2.18. The van der Waals surface area contributed by atoms with Gasteiger partial charge in [-0.05, 0) is 51.5 Å². The van der Waals surface area contributed by atoms with Crippen molar-refractivity contribution in [3.63, 3.8) is 0 Å². The molecule has 2 heterocycles. The van der Waals surface area contributed by atoms with Gasteiger partial charge in [-0.3, -0.25) is 0 Å². The number of rotatable bonds is 7. The van der Waals surface area contributed by atoms with Gasteiger partial charge >= 0.3 is 0 Å². The first kappa shape index (κ1) is 21.9. The summed E-state index contributed by atoms with van der Waals surface area (Å²) in [6.07, 6.45) is 0. The zero-order valence-electron chi connectivity index (χ0n) is 18.5. The van der Waals surface area contributed by atoms with E-state index in [2.05, 4.69) is 20.0 Å². The number of aryl methyl sites for hydroxylation is 4. The summed E-state index contributed by atoms with van der Waals surface area (Å²) in [5.41, 5.74) is 4.57. The number of nitrogens with one attached hydrogen (secondary N) is 2. The van der Waals surface area contributed by atoms with E-state index in [-0.39, 0.29) is 11.4 Å². The van der Waals surface area contributed by atoms with Gasteiger partial charge in [-0.1, -0.05) is 35.9 Å². The summed E-state index contributed by atoms with van der Waals surface area (Å²) in [6.45, 7) is 8.28. The highest BCUT2D eigenvalue weighted by Crippen LogP contribution is 2.27. The van der Waals surface area contributed by atoms with E-state index in [9.17, 15) is 8.42 Å². The van der Waals surface area contributed by atoms with Gasteiger partial charge in [0.25, 0.3) is 0 Å². The van der Waals surface area contributed by atoms with E-state index in [1.807, 2.05) is 56.6 Å². The van der Waals surface area contributed by atoms with Gasteiger partial charge < -0.3 is 5.32 Å². The quantitative estimate of drug-likeness (QED) is 0.418. The van der Waals surface area contributed by atoms with E-state index >= 15 is 0 Å². The van der Waals surface area contributed by atoms with E-state index < -0.39 is 10.0 Å². The molecule has 2 aromatic carbocycles. The predicted octanol–water partition coefficient (Wildman–Crippen LogP) is 3.44. The number of anilines is 1. The van der Waals surface area contributed by atoms with Crippen molar-refractivity contribution in [3.05, 3.63) is 71.2 Å². The summed E-state index contributed by atoms with van der Waals surface area (Å²) < 4.78 is 29.4. The van der Waals surface area contributed by atoms with E-state index in [1.54, 1.807) is 24.3 Å². The topological polar surface area (TPSA) is 102 Å². The van der Waals surface area contributed by atoms with Crippen molar-refractivity contribution in [1.82, 2.24) is 24.5 Å². The Morgan fingerprint density at radius 1 is 0.906 bits per heavy atom. The van der Waals surface area contributed by atoms with Crippen molar-refractivity contribution < 1.29 is 8.42 Å². The molecule has 166 valence electrons. The second kappa shape index (κ2) is 8.68. The molecule has 32 heavy (non-hydrogen) atoms. The molecule has 0 aliphatic heterocycles. The molecule has 0 amide bonds. The summed E-state index contributed by atoms with van der Waals surface area (Å²) in [5, 5.41) is 8.77. The Morgan fingerprint density at radius 2 is 1.62 bits per heavy atom. The maximum absolute atomic E-state index is 12.5. The Labute approximate surface area is 187 Å². The molecule has 0 unspecified atom stereocenters. The molecule has 0 fully saturated rings. The number of nitrogens with zero attached hydrogens (tertiary/aromatic N) is 4. The first-order chi connectivity index (χ1) is 15.3. The van der Waals surface area contributed by atoms with Crippen LogP contribution in [0.3, 0.4) is 0 Å². The largest absolute Gasteiger partial charge is 0.368 e. The summed E-state index contributed by atoms with van der Waals surface area (Å²) in [7, 11) is -3.57. The van der Waals surface area contributed by atoms with Gasteiger partial charge in [-0.25, -0.2) is 27.8 Å².